The molecule has 0 amide bonds. The molecule has 0 fully saturated rings. The topological polar surface area (TPSA) is 131 Å². The van der Waals surface area contributed by atoms with Crippen LogP contribution >= 0.6 is 0 Å². The zero-order valence-corrected chi connectivity index (χ0v) is 11.1. The van der Waals surface area contributed by atoms with Crippen molar-refractivity contribution in [1.29, 1.82) is 0 Å². The third kappa shape index (κ3) is 3.53. The number of hydrogen-bond donors (Lipinski definition) is 2. The fourth-order valence-electron chi connectivity index (χ4n) is 1.71. The van der Waals surface area contributed by atoms with E-state index in [1.807, 2.05) is 0 Å². The first kappa shape index (κ1) is 14.4. The second-order valence-electron chi connectivity index (χ2n) is 4.21. The van der Waals surface area contributed by atoms with Crippen molar-refractivity contribution in [2.24, 2.45) is 0 Å². The Balaban J connectivity index is 2.08. The van der Waals surface area contributed by atoms with Crippen LogP contribution in [-0.4, -0.2) is 32.7 Å². The van der Waals surface area contributed by atoms with Crippen LogP contribution in [0.4, 0.5) is 11.4 Å². The van der Waals surface area contributed by atoms with Crippen LogP contribution in [0.3, 0.4) is 0 Å². The first-order valence-electron chi connectivity index (χ1n) is 6.02. The molecular weight excluding hydrogens is 280 g/mol. The fraction of sp³-hybridized carbons (Fsp3) is 0.250. The molecule has 0 saturated carbocycles. The van der Waals surface area contributed by atoms with E-state index < -0.39 is 10.9 Å². The van der Waals surface area contributed by atoms with Crippen molar-refractivity contribution in [1.82, 2.24) is 10.1 Å². The standard InChI is InChI=1S/C12H12N4O5/c1-7-14-11(21-15-7)4-5-13-9-3-2-8(12(17)18)6-10(9)16(19)20/h2-3,6,13H,4-5H2,1H3,(H,17,18). The van der Waals surface area contributed by atoms with Crippen LogP contribution in [0.1, 0.15) is 22.1 Å². The highest BCUT2D eigenvalue weighted by Gasteiger charge is 2.17. The maximum atomic E-state index is 11.0. The first-order valence-corrected chi connectivity index (χ1v) is 6.02. The maximum Gasteiger partial charge on any atom is 0.335 e. The number of nitrogens with one attached hydrogen (secondary N) is 1. The molecule has 110 valence electrons. The number of rotatable bonds is 6. The third-order valence-corrected chi connectivity index (χ3v) is 2.67. The zero-order chi connectivity index (χ0) is 15.4. The summed E-state index contributed by atoms with van der Waals surface area (Å²) in [5, 5.41) is 26.3. The van der Waals surface area contributed by atoms with Crippen LogP contribution in [0.15, 0.2) is 22.7 Å². The predicted molar refractivity (Wildman–Crippen MR) is 71.3 cm³/mol. The van der Waals surface area contributed by atoms with Gasteiger partial charge in [0.2, 0.25) is 5.89 Å². The third-order valence-electron chi connectivity index (χ3n) is 2.67. The lowest BCUT2D eigenvalue weighted by Crippen LogP contribution is -2.08. The Labute approximate surface area is 118 Å². The summed E-state index contributed by atoms with van der Waals surface area (Å²) in [7, 11) is 0. The highest BCUT2D eigenvalue weighted by atomic mass is 16.6. The first-order chi connectivity index (χ1) is 9.97. The van der Waals surface area contributed by atoms with Gasteiger partial charge in [0.05, 0.1) is 10.5 Å². The Morgan fingerprint density at radius 3 is 2.86 bits per heavy atom. The fourth-order valence-corrected chi connectivity index (χ4v) is 1.71. The van der Waals surface area contributed by atoms with Crippen LogP contribution in [0, 0.1) is 17.0 Å². The van der Waals surface area contributed by atoms with E-state index >= 15 is 0 Å². The minimum atomic E-state index is -1.22. The van der Waals surface area contributed by atoms with Crippen molar-refractivity contribution in [2.75, 3.05) is 11.9 Å². The molecule has 2 rings (SSSR count). The van der Waals surface area contributed by atoms with Gasteiger partial charge in [0.15, 0.2) is 5.82 Å². The van der Waals surface area contributed by atoms with Crippen molar-refractivity contribution in [3.8, 4) is 0 Å². The van der Waals surface area contributed by atoms with Gasteiger partial charge < -0.3 is 14.9 Å². The molecule has 2 N–H and O–H groups in total. The van der Waals surface area contributed by atoms with E-state index in [4.69, 9.17) is 9.63 Å². The highest BCUT2D eigenvalue weighted by Crippen LogP contribution is 2.25. The van der Waals surface area contributed by atoms with Crippen LogP contribution < -0.4 is 5.32 Å². The number of nitro benzene ring substituents is 1. The molecular formula is C12H12N4O5. The van der Waals surface area contributed by atoms with E-state index in [0.29, 0.717) is 24.7 Å². The van der Waals surface area contributed by atoms with Gasteiger partial charge in [-0.25, -0.2) is 4.79 Å². The number of benzene rings is 1. The summed E-state index contributed by atoms with van der Waals surface area (Å²) in [5.74, 6) is -0.280. The van der Waals surface area contributed by atoms with Gasteiger partial charge in [0.25, 0.3) is 5.69 Å². The quantitative estimate of drug-likeness (QED) is 0.606. The van der Waals surface area contributed by atoms with Crippen molar-refractivity contribution in [2.45, 2.75) is 13.3 Å². The Morgan fingerprint density at radius 1 is 1.52 bits per heavy atom. The van der Waals surface area contributed by atoms with Crippen molar-refractivity contribution < 1.29 is 19.3 Å². The molecule has 0 saturated heterocycles. The molecule has 0 aliphatic heterocycles. The molecule has 0 aliphatic carbocycles. The number of nitro groups is 1. The number of anilines is 1. The van der Waals surface area contributed by atoms with Gasteiger partial charge in [-0.2, -0.15) is 4.98 Å². The lowest BCUT2D eigenvalue weighted by Gasteiger charge is -2.06. The summed E-state index contributed by atoms with van der Waals surface area (Å²) in [5.41, 5.74) is -0.197. The number of carbonyl (C=O) groups is 1. The summed E-state index contributed by atoms with van der Waals surface area (Å²) in [6.07, 6.45) is 0.401. The number of aromatic nitrogens is 2. The van der Waals surface area contributed by atoms with E-state index in [9.17, 15) is 14.9 Å². The summed E-state index contributed by atoms with van der Waals surface area (Å²) in [6.45, 7) is 2.03. The summed E-state index contributed by atoms with van der Waals surface area (Å²) >= 11 is 0. The molecule has 0 aliphatic rings. The lowest BCUT2D eigenvalue weighted by atomic mass is 10.1. The van der Waals surface area contributed by atoms with E-state index in [2.05, 4.69) is 15.5 Å². The molecule has 0 unspecified atom stereocenters. The molecule has 2 aromatic rings. The average Bonchev–Trinajstić information content (AvgIpc) is 2.84. The molecule has 0 atom stereocenters. The molecule has 1 aromatic heterocycles. The van der Waals surface area contributed by atoms with Crippen molar-refractivity contribution in [3.05, 3.63) is 45.6 Å². The summed E-state index contributed by atoms with van der Waals surface area (Å²) in [4.78, 5) is 25.2. The SMILES string of the molecule is Cc1noc(CCNc2ccc(C(=O)O)cc2[N+](=O)[O-])n1. The normalized spacial score (nSPS) is 10.3. The number of aryl methyl sites for hydroxylation is 1. The predicted octanol–water partition coefficient (Wildman–Crippen LogP) is 1.64. The zero-order valence-electron chi connectivity index (χ0n) is 11.1. The minimum Gasteiger partial charge on any atom is -0.478 e. The van der Waals surface area contributed by atoms with Gasteiger partial charge in [-0.3, -0.25) is 10.1 Å². The molecule has 1 aromatic carbocycles. The number of nitrogens with zero attached hydrogens (tertiary/aromatic N) is 3. The van der Waals surface area contributed by atoms with Gasteiger partial charge in [-0.15, -0.1) is 0 Å². The van der Waals surface area contributed by atoms with Crippen LogP contribution in [0.5, 0.6) is 0 Å². The maximum absolute atomic E-state index is 11.0. The van der Waals surface area contributed by atoms with E-state index in [1.54, 1.807) is 6.92 Å². The van der Waals surface area contributed by atoms with Gasteiger partial charge in [-0.05, 0) is 19.1 Å². The van der Waals surface area contributed by atoms with Crippen molar-refractivity contribution >= 4 is 17.3 Å². The Bertz CT molecular complexity index is 682. The van der Waals surface area contributed by atoms with E-state index in [0.717, 1.165) is 6.07 Å². The second kappa shape index (κ2) is 5.99. The number of carboxylic acid groups (broad SMARTS) is 1. The monoisotopic (exact) mass is 292 g/mol. The van der Waals surface area contributed by atoms with Crippen molar-refractivity contribution in [3.63, 3.8) is 0 Å². The van der Waals surface area contributed by atoms with E-state index in [-0.39, 0.29) is 16.9 Å². The number of aromatic carboxylic acids is 1. The molecule has 0 radical (unpaired) electrons. The van der Waals surface area contributed by atoms with Crippen LogP contribution in [-0.2, 0) is 6.42 Å². The minimum absolute atomic E-state index is 0.139. The Kier molecular flexibility index (Phi) is 4.12. The van der Waals surface area contributed by atoms with Gasteiger partial charge in [-0.1, -0.05) is 5.16 Å². The largest absolute Gasteiger partial charge is 0.478 e. The lowest BCUT2D eigenvalue weighted by molar-refractivity contribution is -0.384. The molecule has 21 heavy (non-hydrogen) atoms. The Morgan fingerprint density at radius 2 is 2.29 bits per heavy atom. The molecule has 1 heterocycles. The summed E-state index contributed by atoms with van der Waals surface area (Å²) in [6, 6.07) is 3.68. The summed E-state index contributed by atoms with van der Waals surface area (Å²) < 4.78 is 4.92. The number of hydrogen-bond acceptors (Lipinski definition) is 7. The van der Waals surface area contributed by atoms with Gasteiger partial charge in [0.1, 0.15) is 5.69 Å². The second-order valence-corrected chi connectivity index (χ2v) is 4.21. The average molecular weight is 292 g/mol. The van der Waals surface area contributed by atoms with Crippen LogP contribution in [0.2, 0.25) is 0 Å². The molecule has 0 bridgehead atoms. The highest BCUT2D eigenvalue weighted by molar-refractivity contribution is 5.89. The number of carboxylic acids is 1. The Hall–Kier alpha value is -2.97. The molecule has 9 nitrogen and oxygen atoms in total. The van der Waals surface area contributed by atoms with Gasteiger partial charge in [0, 0.05) is 19.0 Å². The molecule has 9 heteroatoms. The smallest absolute Gasteiger partial charge is 0.335 e. The van der Waals surface area contributed by atoms with Crippen LogP contribution in [0.25, 0.3) is 0 Å². The van der Waals surface area contributed by atoms with Gasteiger partial charge >= 0.3 is 5.97 Å². The van der Waals surface area contributed by atoms with E-state index in [1.165, 1.54) is 12.1 Å². The molecule has 0 spiro atoms.